The zero-order valence-electron chi connectivity index (χ0n) is 10.5. The number of nitrogens with one attached hydrogen (secondary N) is 2. The van der Waals surface area contributed by atoms with Crippen molar-refractivity contribution >= 4 is 38.7 Å². The Morgan fingerprint density at radius 3 is 2.50 bits per heavy atom. The van der Waals surface area contributed by atoms with Gasteiger partial charge in [-0.2, -0.15) is 0 Å². The molecule has 0 amide bonds. The summed E-state index contributed by atoms with van der Waals surface area (Å²) in [4.78, 5) is 10.4. The number of hydrogen-bond acceptors (Lipinski definition) is 4. The van der Waals surface area contributed by atoms with E-state index >= 15 is 0 Å². The van der Waals surface area contributed by atoms with Crippen LogP contribution in [0.25, 0.3) is 0 Å². The molecule has 104 valence electrons. The summed E-state index contributed by atoms with van der Waals surface area (Å²) in [6, 6.07) is 8.75. The Bertz CT molecular complexity index is 664. The van der Waals surface area contributed by atoms with Crippen LogP contribution in [0.1, 0.15) is 0 Å². The second-order valence-corrected chi connectivity index (χ2v) is 4.88. The quantitative estimate of drug-likeness (QED) is 0.644. The average Bonchev–Trinajstić information content (AvgIpc) is 2.41. The van der Waals surface area contributed by atoms with Gasteiger partial charge in [0.05, 0.1) is 10.6 Å². The molecule has 0 unspecified atom stereocenters. The third kappa shape index (κ3) is 3.24. The highest BCUT2D eigenvalue weighted by Crippen LogP contribution is 2.30. The van der Waals surface area contributed by atoms with E-state index in [0.29, 0.717) is 21.5 Å². The van der Waals surface area contributed by atoms with Crippen LogP contribution in [0.4, 0.5) is 27.1 Å². The van der Waals surface area contributed by atoms with E-state index in [-0.39, 0.29) is 11.5 Å². The van der Waals surface area contributed by atoms with Gasteiger partial charge in [0.25, 0.3) is 5.69 Å². The maximum Gasteiger partial charge on any atom is 0.273 e. The van der Waals surface area contributed by atoms with Crippen molar-refractivity contribution in [2.24, 2.45) is 0 Å². The molecular weight excluding hydrogens is 329 g/mol. The summed E-state index contributed by atoms with van der Waals surface area (Å²) in [6.07, 6.45) is 0. The van der Waals surface area contributed by atoms with Crippen molar-refractivity contribution in [1.29, 1.82) is 0 Å². The summed E-state index contributed by atoms with van der Waals surface area (Å²) in [6.45, 7) is 0. The molecule has 7 heteroatoms. The largest absolute Gasteiger partial charge is 0.388 e. The van der Waals surface area contributed by atoms with E-state index < -0.39 is 4.92 Å². The minimum atomic E-state index is -0.467. The van der Waals surface area contributed by atoms with Gasteiger partial charge in [0, 0.05) is 35.0 Å². The first-order chi connectivity index (χ1) is 9.49. The van der Waals surface area contributed by atoms with E-state index in [1.54, 1.807) is 19.2 Å². The van der Waals surface area contributed by atoms with Gasteiger partial charge in [0.15, 0.2) is 0 Å². The summed E-state index contributed by atoms with van der Waals surface area (Å²) in [7, 11) is 1.68. The highest BCUT2D eigenvalue weighted by molar-refractivity contribution is 9.10. The Kier molecular flexibility index (Phi) is 4.19. The molecule has 2 N–H and O–H groups in total. The Morgan fingerprint density at radius 1 is 1.20 bits per heavy atom. The van der Waals surface area contributed by atoms with Crippen molar-refractivity contribution in [3.05, 3.63) is 56.8 Å². The van der Waals surface area contributed by atoms with Crippen molar-refractivity contribution in [3.8, 4) is 0 Å². The summed E-state index contributed by atoms with van der Waals surface area (Å²) < 4.78 is 13.6. The monoisotopic (exact) mass is 339 g/mol. The molecule has 0 aliphatic heterocycles. The lowest BCUT2D eigenvalue weighted by Gasteiger charge is -2.10. The van der Waals surface area contributed by atoms with Gasteiger partial charge < -0.3 is 10.6 Å². The lowest BCUT2D eigenvalue weighted by atomic mass is 10.2. The normalized spacial score (nSPS) is 10.2. The highest BCUT2D eigenvalue weighted by Gasteiger charge is 2.10. The lowest BCUT2D eigenvalue weighted by Crippen LogP contribution is -1.97. The van der Waals surface area contributed by atoms with Gasteiger partial charge in [-0.1, -0.05) is 0 Å². The molecule has 0 aliphatic carbocycles. The van der Waals surface area contributed by atoms with E-state index in [2.05, 4.69) is 26.6 Å². The lowest BCUT2D eigenvalue weighted by molar-refractivity contribution is -0.384. The molecule has 0 aliphatic rings. The van der Waals surface area contributed by atoms with Crippen molar-refractivity contribution in [2.75, 3.05) is 17.7 Å². The molecule has 0 saturated heterocycles. The molecule has 0 spiro atoms. The SMILES string of the molecule is CNc1cc(Nc2ccc(F)cc2Br)cc([N+](=O)[O-])c1. The number of anilines is 3. The number of halogens is 2. The Morgan fingerprint density at radius 2 is 1.90 bits per heavy atom. The number of non-ortho nitro benzene ring substituents is 1. The molecule has 2 rings (SSSR count). The van der Waals surface area contributed by atoms with Crippen LogP contribution in [-0.2, 0) is 0 Å². The number of benzene rings is 2. The van der Waals surface area contributed by atoms with Gasteiger partial charge in [-0.05, 0) is 40.2 Å². The fourth-order valence-electron chi connectivity index (χ4n) is 1.68. The number of nitro benzene ring substituents is 1. The molecule has 0 atom stereocenters. The summed E-state index contributed by atoms with van der Waals surface area (Å²) in [5.41, 5.74) is 1.74. The van der Waals surface area contributed by atoms with E-state index in [9.17, 15) is 14.5 Å². The van der Waals surface area contributed by atoms with Crippen molar-refractivity contribution < 1.29 is 9.31 Å². The van der Waals surface area contributed by atoms with Crippen LogP contribution in [0.2, 0.25) is 0 Å². The van der Waals surface area contributed by atoms with Gasteiger partial charge in [0.2, 0.25) is 0 Å². The van der Waals surface area contributed by atoms with Crippen molar-refractivity contribution in [3.63, 3.8) is 0 Å². The highest BCUT2D eigenvalue weighted by atomic mass is 79.9. The fraction of sp³-hybridized carbons (Fsp3) is 0.0769. The van der Waals surface area contributed by atoms with Crippen LogP contribution in [0.5, 0.6) is 0 Å². The molecule has 0 bridgehead atoms. The van der Waals surface area contributed by atoms with Crippen LogP contribution in [0.3, 0.4) is 0 Å². The zero-order valence-corrected chi connectivity index (χ0v) is 12.1. The molecule has 20 heavy (non-hydrogen) atoms. The van der Waals surface area contributed by atoms with Gasteiger partial charge in [-0.3, -0.25) is 10.1 Å². The Labute approximate surface area is 123 Å². The second kappa shape index (κ2) is 5.87. The Hall–Kier alpha value is -2.15. The predicted molar refractivity (Wildman–Crippen MR) is 80.0 cm³/mol. The zero-order chi connectivity index (χ0) is 14.7. The molecule has 2 aromatic rings. The standard InChI is InChI=1S/C13H11BrFN3O2/c1-16-9-5-10(7-11(6-9)18(19)20)17-13-3-2-8(15)4-12(13)14/h2-7,16-17H,1H3. The number of hydrogen-bond donors (Lipinski definition) is 2. The van der Waals surface area contributed by atoms with Gasteiger partial charge in [0.1, 0.15) is 5.82 Å². The third-order valence-corrected chi connectivity index (χ3v) is 3.28. The van der Waals surface area contributed by atoms with Crippen LogP contribution in [0.15, 0.2) is 40.9 Å². The molecule has 5 nitrogen and oxygen atoms in total. The average molecular weight is 340 g/mol. The van der Waals surface area contributed by atoms with E-state index in [1.807, 2.05) is 0 Å². The van der Waals surface area contributed by atoms with Crippen molar-refractivity contribution in [1.82, 2.24) is 0 Å². The van der Waals surface area contributed by atoms with Gasteiger partial charge >= 0.3 is 0 Å². The van der Waals surface area contributed by atoms with E-state index in [0.717, 1.165) is 0 Å². The van der Waals surface area contributed by atoms with Crippen LogP contribution >= 0.6 is 15.9 Å². The topological polar surface area (TPSA) is 67.2 Å². The number of nitrogens with zero attached hydrogens (tertiary/aromatic N) is 1. The summed E-state index contributed by atoms with van der Waals surface area (Å²) in [5, 5.41) is 16.7. The minimum absolute atomic E-state index is 0.0300. The molecule has 0 heterocycles. The van der Waals surface area contributed by atoms with Gasteiger partial charge in [-0.25, -0.2) is 4.39 Å². The van der Waals surface area contributed by atoms with Crippen LogP contribution in [-0.4, -0.2) is 12.0 Å². The molecule has 0 saturated carbocycles. The molecule has 0 aromatic heterocycles. The first-order valence-corrected chi connectivity index (χ1v) is 6.48. The maximum atomic E-state index is 13.0. The first kappa shape index (κ1) is 14.3. The second-order valence-electron chi connectivity index (χ2n) is 4.02. The van der Waals surface area contributed by atoms with Crippen LogP contribution < -0.4 is 10.6 Å². The maximum absolute atomic E-state index is 13.0. The molecular formula is C13H11BrFN3O2. The summed E-state index contributed by atoms with van der Waals surface area (Å²) >= 11 is 3.24. The molecule has 0 radical (unpaired) electrons. The number of rotatable bonds is 4. The van der Waals surface area contributed by atoms with Crippen LogP contribution in [0, 0.1) is 15.9 Å². The first-order valence-electron chi connectivity index (χ1n) is 5.69. The predicted octanol–water partition coefficient (Wildman–Crippen LogP) is 4.28. The minimum Gasteiger partial charge on any atom is -0.388 e. The Balaban J connectivity index is 2.37. The molecule has 0 fully saturated rings. The number of nitro groups is 1. The summed E-state index contributed by atoms with van der Waals surface area (Å²) in [5.74, 6) is -0.364. The third-order valence-electron chi connectivity index (χ3n) is 2.63. The fourth-order valence-corrected chi connectivity index (χ4v) is 2.13. The smallest absolute Gasteiger partial charge is 0.273 e. The van der Waals surface area contributed by atoms with Gasteiger partial charge in [-0.15, -0.1) is 0 Å². The van der Waals surface area contributed by atoms with E-state index in [1.165, 1.54) is 24.3 Å². The molecule has 2 aromatic carbocycles. The van der Waals surface area contributed by atoms with Crippen molar-refractivity contribution in [2.45, 2.75) is 0 Å². The van der Waals surface area contributed by atoms with E-state index in [4.69, 9.17) is 0 Å².